The van der Waals surface area contributed by atoms with E-state index in [9.17, 15) is 4.79 Å². The molecule has 2 rings (SSSR count). The molecular weight excluding hydrogens is 264 g/mol. The Morgan fingerprint density at radius 2 is 1.86 bits per heavy atom. The van der Waals surface area contributed by atoms with E-state index in [0.717, 1.165) is 18.4 Å². The zero-order valence-corrected chi connectivity index (χ0v) is 13.5. The molecule has 1 aromatic carbocycles. The van der Waals surface area contributed by atoms with Crippen molar-refractivity contribution in [1.29, 1.82) is 0 Å². The fraction of sp³-hybridized carbons (Fsp3) is 0.611. The van der Waals surface area contributed by atoms with Crippen molar-refractivity contribution in [1.82, 2.24) is 0 Å². The second-order valence-electron chi connectivity index (χ2n) is 6.65. The Bertz CT molecular complexity index is 464. The van der Waals surface area contributed by atoms with Gasteiger partial charge in [0.25, 0.3) is 0 Å². The van der Waals surface area contributed by atoms with Crippen molar-refractivity contribution in [2.75, 3.05) is 0 Å². The lowest BCUT2D eigenvalue weighted by Gasteiger charge is -2.36. The van der Waals surface area contributed by atoms with Crippen LogP contribution in [0.3, 0.4) is 0 Å². The van der Waals surface area contributed by atoms with E-state index in [1.54, 1.807) is 12.1 Å². The summed E-state index contributed by atoms with van der Waals surface area (Å²) in [4.78, 5) is 12.0. The van der Waals surface area contributed by atoms with Gasteiger partial charge in [0, 0.05) is 0 Å². The van der Waals surface area contributed by atoms with Gasteiger partial charge in [-0.25, -0.2) is 4.79 Å². The van der Waals surface area contributed by atoms with Gasteiger partial charge in [-0.2, -0.15) is 0 Å². The first-order valence-corrected chi connectivity index (χ1v) is 7.91. The van der Waals surface area contributed by atoms with Crippen LogP contribution >= 0.6 is 0 Å². The molecule has 1 aliphatic carbocycles. The first-order chi connectivity index (χ1) is 9.95. The fourth-order valence-corrected chi connectivity index (χ4v) is 3.10. The Hall–Kier alpha value is -1.51. The zero-order chi connectivity index (χ0) is 15.4. The monoisotopic (exact) mass is 290 g/mol. The molecule has 0 amide bonds. The average molecular weight is 290 g/mol. The molecule has 3 atom stereocenters. The zero-order valence-electron chi connectivity index (χ0n) is 13.5. The van der Waals surface area contributed by atoms with Crippen LogP contribution in [0.25, 0.3) is 0 Å². The van der Waals surface area contributed by atoms with Crippen LogP contribution in [0.15, 0.2) is 24.3 Å². The van der Waals surface area contributed by atoms with Crippen molar-refractivity contribution in [3.05, 3.63) is 29.8 Å². The minimum absolute atomic E-state index is 0.0216. The Balaban J connectivity index is 1.94. The van der Waals surface area contributed by atoms with Crippen LogP contribution in [0.4, 0.5) is 4.79 Å². The second kappa shape index (κ2) is 6.97. The van der Waals surface area contributed by atoms with Gasteiger partial charge in [0.1, 0.15) is 11.9 Å². The van der Waals surface area contributed by atoms with E-state index in [4.69, 9.17) is 9.47 Å². The number of hydrogen-bond donors (Lipinski definition) is 0. The molecule has 0 saturated heterocycles. The van der Waals surface area contributed by atoms with Crippen LogP contribution in [-0.4, -0.2) is 12.3 Å². The first-order valence-electron chi connectivity index (χ1n) is 7.91. The molecule has 0 aliphatic heterocycles. The number of carbonyl (C=O) groups excluding carboxylic acids is 1. The van der Waals surface area contributed by atoms with Gasteiger partial charge in [0.15, 0.2) is 0 Å². The smallest absolute Gasteiger partial charge is 0.430 e. The third-order valence-corrected chi connectivity index (χ3v) is 4.43. The SMILES string of the molecule is Cc1ccc(OC(=O)OC2CC(C)CCC2C(C)C)cc1. The Morgan fingerprint density at radius 3 is 2.48 bits per heavy atom. The summed E-state index contributed by atoms with van der Waals surface area (Å²) in [6.07, 6.45) is 2.68. The van der Waals surface area contributed by atoms with Crippen molar-refractivity contribution in [3.8, 4) is 5.75 Å². The molecular formula is C18H26O3. The predicted octanol–water partition coefficient (Wildman–Crippen LogP) is 4.97. The summed E-state index contributed by atoms with van der Waals surface area (Å²) in [6, 6.07) is 7.42. The minimum atomic E-state index is -0.580. The summed E-state index contributed by atoms with van der Waals surface area (Å²) in [5.41, 5.74) is 1.14. The van der Waals surface area contributed by atoms with Crippen LogP contribution < -0.4 is 4.74 Å². The van der Waals surface area contributed by atoms with Crippen molar-refractivity contribution in [2.45, 2.75) is 53.1 Å². The van der Waals surface area contributed by atoms with Crippen LogP contribution in [-0.2, 0) is 4.74 Å². The lowest BCUT2D eigenvalue weighted by Crippen LogP contribution is -2.36. The molecule has 0 bridgehead atoms. The molecule has 116 valence electrons. The summed E-state index contributed by atoms with van der Waals surface area (Å²) < 4.78 is 10.9. The van der Waals surface area contributed by atoms with Gasteiger partial charge in [-0.1, -0.05) is 44.9 Å². The molecule has 0 N–H and O–H groups in total. The van der Waals surface area contributed by atoms with E-state index in [0.29, 0.717) is 23.5 Å². The molecule has 3 nitrogen and oxygen atoms in total. The summed E-state index contributed by atoms with van der Waals surface area (Å²) in [6.45, 7) is 8.61. The van der Waals surface area contributed by atoms with Crippen molar-refractivity contribution >= 4 is 6.16 Å². The standard InChI is InChI=1S/C18H26O3/c1-12(2)16-10-7-14(4)11-17(16)21-18(19)20-15-8-5-13(3)6-9-15/h5-6,8-9,12,14,16-17H,7,10-11H2,1-4H3. The normalized spacial score (nSPS) is 25.7. The van der Waals surface area contributed by atoms with E-state index in [2.05, 4.69) is 20.8 Å². The second-order valence-corrected chi connectivity index (χ2v) is 6.65. The molecule has 1 saturated carbocycles. The molecule has 0 radical (unpaired) electrons. The molecule has 0 spiro atoms. The molecule has 1 aliphatic rings. The quantitative estimate of drug-likeness (QED) is 0.582. The van der Waals surface area contributed by atoms with Gasteiger partial charge >= 0.3 is 6.16 Å². The Labute approximate surface area is 127 Å². The molecule has 0 aromatic heterocycles. The van der Waals surface area contributed by atoms with Gasteiger partial charge in [-0.3, -0.25) is 0 Å². The van der Waals surface area contributed by atoms with Gasteiger partial charge in [-0.15, -0.1) is 0 Å². The molecule has 3 heteroatoms. The van der Waals surface area contributed by atoms with E-state index in [1.807, 2.05) is 19.1 Å². The maximum atomic E-state index is 12.0. The fourth-order valence-electron chi connectivity index (χ4n) is 3.10. The molecule has 1 aromatic rings. The maximum Gasteiger partial charge on any atom is 0.514 e. The van der Waals surface area contributed by atoms with E-state index in [-0.39, 0.29) is 6.10 Å². The largest absolute Gasteiger partial charge is 0.514 e. The van der Waals surface area contributed by atoms with Crippen molar-refractivity contribution in [3.63, 3.8) is 0 Å². The highest BCUT2D eigenvalue weighted by Gasteiger charge is 2.33. The summed E-state index contributed by atoms with van der Waals surface area (Å²) in [5, 5.41) is 0. The highest BCUT2D eigenvalue weighted by molar-refractivity contribution is 5.64. The number of benzene rings is 1. The van der Waals surface area contributed by atoms with Crippen molar-refractivity contribution < 1.29 is 14.3 Å². The molecule has 21 heavy (non-hydrogen) atoms. The van der Waals surface area contributed by atoms with Crippen LogP contribution in [0.1, 0.15) is 45.6 Å². The third kappa shape index (κ3) is 4.48. The summed E-state index contributed by atoms with van der Waals surface area (Å²) >= 11 is 0. The molecule has 0 heterocycles. The number of rotatable bonds is 3. The van der Waals surface area contributed by atoms with E-state index in [1.165, 1.54) is 6.42 Å². The number of aryl methyl sites for hydroxylation is 1. The lowest BCUT2D eigenvalue weighted by atomic mass is 9.75. The lowest BCUT2D eigenvalue weighted by molar-refractivity contribution is -0.0136. The van der Waals surface area contributed by atoms with E-state index >= 15 is 0 Å². The van der Waals surface area contributed by atoms with Crippen LogP contribution in [0.2, 0.25) is 0 Å². The Kier molecular flexibility index (Phi) is 5.27. The van der Waals surface area contributed by atoms with E-state index < -0.39 is 6.16 Å². The molecule has 3 unspecified atom stereocenters. The molecule has 1 fully saturated rings. The Morgan fingerprint density at radius 1 is 1.19 bits per heavy atom. The number of ether oxygens (including phenoxy) is 2. The average Bonchev–Trinajstić information content (AvgIpc) is 2.41. The highest BCUT2D eigenvalue weighted by Crippen LogP contribution is 2.35. The van der Waals surface area contributed by atoms with Gasteiger partial charge in [-0.05, 0) is 49.7 Å². The number of carbonyl (C=O) groups is 1. The topological polar surface area (TPSA) is 35.5 Å². The first kappa shape index (κ1) is 15.9. The summed E-state index contributed by atoms with van der Waals surface area (Å²) in [7, 11) is 0. The van der Waals surface area contributed by atoms with Crippen molar-refractivity contribution in [2.24, 2.45) is 17.8 Å². The van der Waals surface area contributed by atoms with Crippen LogP contribution in [0, 0.1) is 24.7 Å². The number of hydrogen-bond acceptors (Lipinski definition) is 3. The van der Waals surface area contributed by atoms with Gasteiger partial charge in [0.05, 0.1) is 0 Å². The van der Waals surface area contributed by atoms with Crippen LogP contribution in [0.5, 0.6) is 5.75 Å². The predicted molar refractivity (Wildman–Crippen MR) is 83.4 cm³/mol. The van der Waals surface area contributed by atoms with Gasteiger partial charge < -0.3 is 9.47 Å². The highest BCUT2D eigenvalue weighted by atomic mass is 16.7. The summed E-state index contributed by atoms with van der Waals surface area (Å²) in [5.74, 6) is 2.11. The third-order valence-electron chi connectivity index (χ3n) is 4.43. The maximum absolute atomic E-state index is 12.0. The minimum Gasteiger partial charge on any atom is -0.430 e. The van der Waals surface area contributed by atoms with Gasteiger partial charge in [0.2, 0.25) is 0 Å².